The highest BCUT2D eigenvalue weighted by molar-refractivity contribution is 5.34. The SMILES string of the molecule is Cc1cnc(N2CCC3(CC(Nc4ncccn4)CO3)C2)nc1. The molecule has 1 N–H and O–H groups in total. The Kier molecular flexibility index (Phi) is 3.57. The van der Waals surface area contributed by atoms with Gasteiger partial charge >= 0.3 is 0 Å². The van der Waals surface area contributed by atoms with Crippen molar-refractivity contribution in [1.82, 2.24) is 19.9 Å². The summed E-state index contributed by atoms with van der Waals surface area (Å²) in [5.41, 5.74) is 0.965. The highest BCUT2D eigenvalue weighted by atomic mass is 16.5. The molecular weight excluding hydrogens is 292 g/mol. The first-order chi connectivity index (χ1) is 11.2. The summed E-state index contributed by atoms with van der Waals surface area (Å²) < 4.78 is 6.15. The van der Waals surface area contributed by atoms with Crippen LogP contribution in [0.3, 0.4) is 0 Å². The molecule has 120 valence electrons. The van der Waals surface area contributed by atoms with Crippen LogP contribution in [0.4, 0.5) is 11.9 Å². The predicted molar refractivity (Wildman–Crippen MR) is 86.3 cm³/mol. The molecule has 0 radical (unpaired) electrons. The van der Waals surface area contributed by atoms with Gasteiger partial charge in [-0.3, -0.25) is 0 Å². The Morgan fingerprint density at radius 1 is 1.22 bits per heavy atom. The van der Waals surface area contributed by atoms with Gasteiger partial charge in [-0.2, -0.15) is 0 Å². The lowest BCUT2D eigenvalue weighted by atomic mass is 9.97. The highest BCUT2D eigenvalue weighted by Gasteiger charge is 2.46. The fourth-order valence-corrected chi connectivity index (χ4v) is 3.34. The quantitative estimate of drug-likeness (QED) is 0.918. The number of aromatic nitrogens is 4. The molecule has 1 spiro atoms. The Bertz CT molecular complexity index is 664. The van der Waals surface area contributed by atoms with Crippen LogP contribution in [0.1, 0.15) is 18.4 Å². The molecule has 2 aromatic heterocycles. The van der Waals surface area contributed by atoms with Gasteiger partial charge in [0, 0.05) is 37.8 Å². The third kappa shape index (κ3) is 2.96. The van der Waals surface area contributed by atoms with Crippen molar-refractivity contribution in [1.29, 1.82) is 0 Å². The highest BCUT2D eigenvalue weighted by Crippen LogP contribution is 2.36. The monoisotopic (exact) mass is 312 g/mol. The Labute approximate surface area is 135 Å². The first-order valence-electron chi connectivity index (χ1n) is 7.94. The molecule has 0 amide bonds. The van der Waals surface area contributed by atoms with Crippen LogP contribution in [0.5, 0.6) is 0 Å². The molecule has 2 saturated heterocycles. The van der Waals surface area contributed by atoms with Crippen molar-refractivity contribution in [3.63, 3.8) is 0 Å². The molecule has 7 nitrogen and oxygen atoms in total. The molecule has 4 rings (SSSR count). The van der Waals surface area contributed by atoms with E-state index in [1.54, 1.807) is 12.4 Å². The van der Waals surface area contributed by atoms with Crippen LogP contribution in [0, 0.1) is 6.92 Å². The van der Waals surface area contributed by atoms with Crippen LogP contribution in [-0.2, 0) is 4.74 Å². The Hall–Kier alpha value is -2.28. The second-order valence-corrected chi connectivity index (χ2v) is 6.34. The second kappa shape index (κ2) is 5.73. The van der Waals surface area contributed by atoms with E-state index in [0.717, 1.165) is 37.4 Å². The third-order valence-corrected chi connectivity index (χ3v) is 4.47. The smallest absolute Gasteiger partial charge is 0.225 e. The number of hydrogen-bond donors (Lipinski definition) is 1. The molecule has 2 atom stereocenters. The lowest BCUT2D eigenvalue weighted by Gasteiger charge is -2.23. The molecule has 4 heterocycles. The minimum atomic E-state index is -0.110. The van der Waals surface area contributed by atoms with Crippen LogP contribution in [0.15, 0.2) is 30.9 Å². The van der Waals surface area contributed by atoms with Gasteiger partial charge in [-0.25, -0.2) is 19.9 Å². The molecule has 2 aromatic rings. The van der Waals surface area contributed by atoms with E-state index in [4.69, 9.17) is 4.74 Å². The molecule has 0 aliphatic carbocycles. The van der Waals surface area contributed by atoms with Gasteiger partial charge in [0.15, 0.2) is 0 Å². The van der Waals surface area contributed by atoms with E-state index in [1.165, 1.54) is 0 Å². The summed E-state index contributed by atoms with van der Waals surface area (Å²) in [7, 11) is 0. The predicted octanol–water partition coefficient (Wildman–Crippen LogP) is 1.42. The van der Waals surface area contributed by atoms with Gasteiger partial charge in [0.2, 0.25) is 11.9 Å². The van der Waals surface area contributed by atoms with Crippen molar-refractivity contribution < 1.29 is 4.74 Å². The van der Waals surface area contributed by atoms with Crippen molar-refractivity contribution >= 4 is 11.9 Å². The zero-order valence-electron chi connectivity index (χ0n) is 13.1. The maximum atomic E-state index is 6.15. The number of nitrogens with one attached hydrogen (secondary N) is 1. The molecule has 0 saturated carbocycles. The third-order valence-electron chi connectivity index (χ3n) is 4.47. The number of hydrogen-bond acceptors (Lipinski definition) is 7. The number of nitrogens with zero attached hydrogens (tertiary/aromatic N) is 5. The van der Waals surface area contributed by atoms with Gasteiger partial charge in [0.25, 0.3) is 0 Å². The topological polar surface area (TPSA) is 76.1 Å². The van der Waals surface area contributed by atoms with Crippen LogP contribution in [0.25, 0.3) is 0 Å². The van der Waals surface area contributed by atoms with Gasteiger partial charge in [-0.05, 0) is 25.0 Å². The first-order valence-corrected chi connectivity index (χ1v) is 7.94. The van der Waals surface area contributed by atoms with Gasteiger partial charge in [0.05, 0.1) is 24.8 Å². The average Bonchev–Trinajstić information content (AvgIpc) is 3.16. The van der Waals surface area contributed by atoms with Crippen molar-refractivity contribution in [2.24, 2.45) is 0 Å². The van der Waals surface area contributed by atoms with Crippen molar-refractivity contribution in [3.8, 4) is 0 Å². The fourth-order valence-electron chi connectivity index (χ4n) is 3.34. The lowest BCUT2D eigenvalue weighted by molar-refractivity contribution is 0.0228. The van der Waals surface area contributed by atoms with E-state index in [0.29, 0.717) is 12.6 Å². The molecule has 2 unspecified atom stereocenters. The van der Waals surface area contributed by atoms with Crippen molar-refractivity contribution in [2.45, 2.75) is 31.4 Å². The number of rotatable bonds is 3. The molecular formula is C16H20N6O. The minimum absolute atomic E-state index is 0.110. The number of ether oxygens (including phenoxy) is 1. The van der Waals surface area contributed by atoms with E-state index < -0.39 is 0 Å². The Morgan fingerprint density at radius 3 is 2.78 bits per heavy atom. The van der Waals surface area contributed by atoms with E-state index >= 15 is 0 Å². The lowest BCUT2D eigenvalue weighted by Crippen LogP contribution is -2.34. The van der Waals surface area contributed by atoms with E-state index in [1.807, 2.05) is 25.4 Å². The molecule has 0 aromatic carbocycles. The molecule has 0 bridgehead atoms. The van der Waals surface area contributed by atoms with Gasteiger partial charge in [-0.1, -0.05) is 0 Å². The summed E-state index contributed by atoms with van der Waals surface area (Å²) >= 11 is 0. The standard InChI is InChI=1S/C16H20N6O/c1-12-8-19-15(20-9-12)22-6-3-16(11-22)7-13(10-23-16)21-14-17-4-2-5-18-14/h2,4-5,8-9,13H,3,6-7,10-11H2,1H3,(H,17,18,21). The van der Waals surface area contributed by atoms with Crippen molar-refractivity contribution in [2.75, 3.05) is 29.9 Å². The van der Waals surface area contributed by atoms with Crippen LogP contribution in [-0.4, -0.2) is 51.3 Å². The summed E-state index contributed by atoms with van der Waals surface area (Å²) in [6, 6.07) is 2.06. The van der Waals surface area contributed by atoms with E-state index in [9.17, 15) is 0 Å². The second-order valence-electron chi connectivity index (χ2n) is 6.34. The fraction of sp³-hybridized carbons (Fsp3) is 0.500. The van der Waals surface area contributed by atoms with Gasteiger partial charge < -0.3 is 15.0 Å². The Morgan fingerprint density at radius 2 is 2.00 bits per heavy atom. The number of anilines is 2. The zero-order chi connectivity index (χ0) is 15.7. The maximum absolute atomic E-state index is 6.15. The summed E-state index contributed by atoms with van der Waals surface area (Å²) in [6.07, 6.45) is 9.16. The normalized spacial score (nSPS) is 26.8. The maximum Gasteiger partial charge on any atom is 0.225 e. The number of aryl methyl sites for hydroxylation is 1. The Balaban J connectivity index is 1.40. The van der Waals surface area contributed by atoms with Crippen molar-refractivity contribution in [3.05, 3.63) is 36.4 Å². The van der Waals surface area contributed by atoms with Crippen LogP contribution >= 0.6 is 0 Å². The summed E-state index contributed by atoms with van der Waals surface area (Å²) in [6.45, 7) is 4.44. The summed E-state index contributed by atoms with van der Waals surface area (Å²) in [4.78, 5) is 19.5. The summed E-state index contributed by atoms with van der Waals surface area (Å²) in [5, 5.41) is 3.36. The van der Waals surface area contributed by atoms with Gasteiger partial charge in [0.1, 0.15) is 0 Å². The zero-order valence-corrected chi connectivity index (χ0v) is 13.1. The first kappa shape index (κ1) is 14.3. The molecule has 2 aliphatic heterocycles. The van der Waals surface area contributed by atoms with Crippen LogP contribution in [0.2, 0.25) is 0 Å². The van der Waals surface area contributed by atoms with E-state index in [2.05, 4.69) is 30.2 Å². The molecule has 23 heavy (non-hydrogen) atoms. The minimum Gasteiger partial charge on any atom is -0.371 e. The van der Waals surface area contributed by atoms with Gasteiger partial charge in [-0.15, -0.1) is 0 Å². The molecule has 2 fully saturated rings. The molecule has 7 heteroatoms. The van der Waals surface area contributed by atoms with Crippen LogP contribution < -0.4 is 10.2 Å². The van der Waals surface area contributed by atoms with E-state index in [-0.39, 0.29) is 11.6 Å². The average molecular weight is 312 g/mol. The largest absolute Gasteiger partial charge is 0.371 e. The summed E-state index contributed by atoms with van der Waals surface area (Å²) in [5.74, 6) is 1.45. The molecule has 2 aliphatic rings.